The molecule has 5 nitrogen and oxygen atoms in total. The minimum atomic E-state index is -0.671. The molecule has 1 N–H and O–H groups in total. The second-order valence-corrected chi connectivity index (χ2v) is 5.74. The van der Waals surface area contributed by atoms with Gasteiger partial charge in [0.15, 0.2) is 11.3 Å². The van der Waals surface area contributed by atoms with E-state index < -0.39 is 11.5 Å². The molecule has 0 aliphatic carbocycles. The van der Waals surface area contributed by atoms with Crippen LogP contribution in [-0.4, -0.2) is 19.6 Å². The average Bonchev–Trinajstić information content (AvgIpc) is 3.07. The number of ether oxygens (including phenoxy) is 1. The molecule has 0 radical (unpaired) electrons. The van der Waals surface area contributed by atoms with E-state index in [1.165, 1.54) is 13.2 Å². The van der Waals surface area contributed by atoms with Crippen molar-refractivity contribution in [2.45, 2.75) is 6.42 Å². The molecule has 0 saturated carbocycles. The van der Waals surface area contributed by atoms with Gasteiger partial charge in [0.2, 0.25) is 0 Å². The first-order valence-corrected chi connectivity index (χ1v) is 8.03. The first-order chi connectivity index (χ1) is 11.2. The van der Waals surface area contributed by atoms with E-state index >= 15 is 0 Å². The molecule has 0 unspecified atom stereocenters. The molecule has 1 aromatic carbocycles. The number of benzene rings is 1. The van der Waals surface area contributed by atoms with Crippen molar-refractivity contribution in [3.8, 4) is 5.75 Å². The number of amides is 1. The minimum absolute atomic E-state index is 0.00364. The minimum Gasteiger partial charge on any atom is -0.493 e. The van der Waals surface area contributed by atoms with Crippen LogP contribution in [0, 0.1) is 0 Å². The van der Waals surface area contributed by atoms with E-state index in [2.05, 4.69) is 5.32 Å². The van der Waals surface area contributed by atoms with Crippen LogP contribution in [0.15, 0.2) is 50.3 Å². The molecule has 1 amide bonds. The van der Waals surface area contributed by atoms with Crippen LogP contribution in [0.25, 0.3) is 11.0 Å². The van der Waals surface area contributed by atoms with Crippen molar-refractivity contribution in [2.24, 2.45) is 0 Å². The molecule has 0 saturated heterocycles. The van der Waals surface area contributed by atoms with Gasteiger partial charge in [-0.05, 0) is 40.9 Å². The molecular formula is C17H15NO4S. The van der Waals surface area contributed by atoms with E-state index in [0.717, 1.165) is 12.0 Å². The van der Waals surface area contributed by atoms with E-state index in [1.54, 1.807) is 29.5 Å². The highest BCUT2D eigenvalue weighted by atomic mass is 32.1. The molecule has 3 rings (SSSR count). The molecule has 0 aliphatic heterocycles. The summed E-state index contributed by atoms with van der Waals surface area (Å²) >= 11 is 1.61. The molecular weight excluding hydrogens is 314 g/mol. The van der Waals surface area contributed by atoms with Gasteiger partial charge in [0.05, 0.1) is 7.11 Å². The zero-order valence-electron chi connectivity index (χ0n) is 12.5. The zero-order chi connectivity index (χ0) is 16.2. The van der Waals surface area contributed by atoms with Crippen molar-refractivity contribution in [3.63, 3.8) is 0 Å². The number of nitrogens with one attached hydrogen (secondary N) is 1. The zero-order valence-corrected chi connectivity index (χ0v) is 13.3. The fourth-order valence-corrected chi connectivity index (χ4v) is 2.99. The van der Waals surface area contributed by atoms with Crippen LogP contribution in [0.1, 0.15) is 15.9 Å². The number of carbonyl (C=O) groups is 1. The predicted molar refractivity (Wildman–Crippen MR) is 89.4 cm³/mol. The summed E-state index contributed by atoms with van der Waals surface area (Å²) in [7, 11) is 1.50. The lowest BCUT2D eigenvalue weighted by Crippen LogP contribution is -2.29. The third-order valence-corrected chi connectivity index (χ3v) is 4.20. The second kappa shape index (κ2) is 6.66. The fourth-order valence-electron chi connectivity index (χ4n) is 2.29. The summed E-state index contributed by atoms with van der Waals surface area (Å²) < 4.78 is 10.4. The van der Waals surface area contributed by atoms with Gasteiger partial charge in [0.25, 0.3) is 5.91 Å². The quantitative estimate of drug-likeness (QED) is 0.731. The molecule has 0 atom stereocenters. The van der Waals surface area contributed by atoms with Crippen molar-refractivity contribution in [3.05, 3.63) is 62.6 Å². The van der Waals surface area contributed by atoms with Crippen LogP contribution >= 0.6 is 11.3 Å². The molecule has 118 valence electrons. The van der Waals surface area contributed by atoms with Crippen LogP contribution in [0.2, 0.25) is 0 Å². The Balaban J connectivity index is 1.80. The highest BCUT2D eigenvalue weighted by molar-refractivity contribution is 7.07. The average molecular weight is 329 g/mol. The van der Waals surface area contributed by atoms with Gasteiger partial charge in [-0.15, -0.1) is 0 Å². The third kappa shape index (κ3) is 3.27. The SMILES string of the molecule is COc1cccc2cc(C(=O)NCCc3ccsc3)c(=O)oc12. The Bertz CT molecular complexity index is 883. The number of thiophene rings is 1. The summed E-state index contributed by atoms with van der Waals surface area (Å²) in [6.07, 6.45) is 0.724. The lowest BCUT2D eigenvalue weighted by atomic mass is 10.1. The Morgan fingerprint density at radius 2 is 2.22 bits per heavy atom. The molecule has 0 fully saturated rings. The lowest BCUT2D eigenvalue weighted by molar-refractivity contribution is 0.0950. The smallest absolute Gasteiger partial charge is 0.349 e. The van der Waals surface area contributed by atoms with Gasteiger partial charge in [-0.1, -0.05) is 12.1 Å². The van der Waals surface area contributed by atoms with Crippen LogP contribution in [0.5, 0.6) is 5.75 Å². The van der Waals surface area contributed by atoms with Gasteiger partial charge in [0, 0.05) is 11.9 Å². The number of fused-ring (bicyclic) bond motifs is 1. The van der Waals surface area contributed by atoms with Crippen molar-refractivity contribution in [2.75, 3.05) is 13.7 Å². The molecule has 0 spiro atoms. The Hall–Kier alpha value is -2.60. The molecule has 23 heavy (non-hydrogen) atoms. The third-order valence-electron chi connectivity index (χ3n) is 3.47. The van der Waals surface area contributed by atoms with Gasteiger partial charge >= 0.3 is 5.63 Å². The van der Waals surface area contributed by atoms with Gasteiger partial charge < -0.3 is 14.5 Å². The molecule has 0 bridgehead atoms. The largest absolute Gasteiger partial charge is 0.493 e. The summed E-state index contributed by atoms with van der Waals surface area (Å²) in [4.78, 5) is 24.2. The van der Waals surface area contributed by atoms with Gasteiger partial charge in [-0.2, -0.15) is 11.3 Å². The standard InChI is InChI=1S/C17H15NO4S/c1-21-14-4-2-3-12-9-13(17(20)22-15(12)14)16(19)18-7-5-11-6-8-23-10-11/h2-4,6,8-10H,5,7H2,1H3,(H,18,19). The van der Waals surface area contributed by atoms with Crippen molar-refractivity contribution in [1.29, 1.82) is 0 Å². The Kier molecular flexibility index (Phi) is 4.43. The van der Waals surface area contributed by atoms with Gasteiger partial charge in [0.1, 0.15) is 5.56 Å². The van der Waals surface area contributed by atoms with Crippen molar-refractivity contribution >= 4 is 28.2 Å². The number of hydrogen-bond acceptors (Lipinski definition) is 5. The van der Waals surface area contributed by atoms with Crippen LogP contribution in [-0.2, 0) is 6.42 Å². The molecule has 2 aromatic heterocycles. The summed E-state index contributed by atoms with van der Waals surface area (Å²) in [5.41, 5.74) is 0.825. The van der Waals surface area contributed by atoms with Crippen molar-refractivity contribution in [1.82, 2.24) is 5.32 Å². The topological polar surface area (TPSA) is 68.5 Å². The number of hydrogen-bond donors (Lipinski definition) is 1. The molecule has 6 heteroatoms. The normalized spacial score (nSPS) is 10.7. The Labute approximate surface area is 136 Å². The van der Waals surface area contributed by atoms with Crippen LogP contribution < -0.4 is 15.7 Å². The van der Waals surface area contributed by atoms with E-state index in [4.69, 9.17) is 9.15 Å². The summed E-state index contributed by atoms with van der Waals surface area (Å²) in [5.74, 6) is 0.0303. The summed E-state index contributed by atoms with van der Waals surface area (Å²) in [6, 6.07) is 8.78. The maximum absolute atomic E-state index is 12.2. The van der Waals surface area contributed by atoms with Crippen molar-refractivity contribution < 1.29 is 13.9 Å². The summed E-state index contributed by atoms with van der Waals surface area (Å²) in [6.45, 7) is 0.463. The fraction of sp³-hybridized carbons (Fsp3) is 0.176. The van der Waals surface area contributed by atoms with E-state index in [1.807, 2.05) is 16.8 Å². The first kappa shape index (κ1) is 15.3. The maximum Gasteiger partial charge on any atom is 0.349 e. The maximum atomic E-state index is 12.2. The Morgan fingerprint density at radius 1 is 1.35 bits per heavy atom. The number of para-hydroxylation sites is 1. The van der Waals surface area contributed by atoms with Crippen LogP contribution in [0.4, 0.5) is 0 Å². The van der Waals surface area contributed by atoms with Gasteiger partial charge in [-0.25, -0.2) is 4.79 Å². The lowest BCUT2D eigenvalue weighted by Gasteiger charge is -2.06. The van der Waals surface area contributed by atoms with E-state index in [9.17, 15) is 9.59 Å². The van der Waals surface area contributed by atoms with Crippen LogP contribution in [0.3, 0.4) is 0 Å². The number of methoxy groups -OCH3 is 1. The summed E-state index contributed by atoms with van der Waals surface area (Å²) in [5, 5.41) is 7.41. The second-order valence-electron chi connectivity index (χ2n) is 4.96. The molecule has 2 heterocycles. The highest BCUT2D eigenvalue weighted by Crippen LogP contribution is 2.24. The Morgan fingerprint density at radius 3 is 2.96 bits per heavy atom. The predicted octanol–water partition coefficient (Wildman–Crippen LogP) is 2.84. The highest BCUT2D eigenvalue weighted by Gasteiger charge is 2.15. The van der Waals surface area contributed by atoms with E-state index in [0.29, 0.717) is 23.3 Å². The molecule has 0 aliphatic rings. The molecule has 3 aromatic rings. The number of rotatable bonds is 5. The first-order valence-electron chi connectivity index (χ1n) is 7.09. The monoisotopic (exact) mass is 329 g/mol. The van der Waals surface area contributed by atoms with E-state index in [-0.39, 0.29) is 5.56 Å². The number of carbonyl (C=O) groups excluding carboxylic acids is 1. The van der Waals surface area contributed by atoms with Gasteiger partial charge in [-0.3, -0.25) is 4.79 Å².